The molecule has 1 aliphatic heterocycles. The van der Waals surface area contributed by atoms with Crippen molar-refractivity contribution in [2.45, 2.75) is 58.8 Å². The summed E-state index contributed by atoms with van der Waals surface area (Å²) < 4.78 is 11.2. The van der Waals surface area contributed by atoms with Crippen LogP contribution in [0.4, 0.5) is 10.5 Å². The van der Waals surface area contributed by atoms with Crippen LogP contribution in [0.1, 0.15) is 45.2 Å². The van der Waals surface area contributed by atoms with E-state index in [1.54, 1.807) is 25.7 Å². The Kier molecular flexibility index (Phi) is 6.65. The molecule has 1 atom stereocenters. The third-order valence-corrected chi connectivity index (χ3v) is 4.86. The van der Waals surface area contributed by atoms with Crippen LogP contribution < -0.4 is 15.0 Å². The quantitative estimate of drug-likeness (QED) is 0.764. The Balaban J connectivity index is 1.65. The summed E-state index contributed by atoms with van der Waals surface area (Å²) in [5, 5.41) is 2.70. The van der Waals surface area contributed by atoms with Crippen molar-refractivity contribution in [2.75, 3.05) is 11.4 Å². The third kappa shape index (κ3) is 5.53. The highest BCUT2D eigenvalue weighted by molar-refractivity contribution is 6.00. The second-order valence-corrected chi connectivity index (χ2v) is 8.41. The second kappa shape index (κ2) is 9.20. The summed E-state index contributed by atoms with van der Waals surface area (Å²) in [4.78, 5) is 26.9. The van der Waals surface area contributed by atoms with Gasteiger partial charge in [0.1, 0.15) is 24.0 Å². The van der Waals surface area contributed by atoms with E-state index in [0.29, 0.717) is 19.6 Å². The molecular formula is C24H30N2O4. The van der Waals surface area contributed by atoms with E-state index < -0.39 is 17.7 Å². The highest BCUT2D eigenvalue weighted by Crippen LogP contribution is 2.32. The average molecular weight is 411 g/mol. The molecule has 1 N–H and O–H groups in total. The zero-order valence-electron chi connectivity index (χ0n) is 18.1. The van der Waals surface area contributed by atoms with Gasteiger partial charge in [-0.2, -0.15) is 0 Å². The predicted octanol–water partition coefficient (Wildman–Crippen LogP) is 4.46. The van der Waals surface area contributed by atoms with Gasteiger partial charge in [-0.25, -0.2) is 4.79 Å². The van der Waals surface area contributed by atoms with Crippen LogP contribution >= 0.6 is 0 Å². The molecule has 0 saturated carbocycles. The molecule has 6 heteroatoms. The number of carbonyl (C=O) groups excluding carboxylic acids is 2. The number of amides is 2. The van der Waals surface area contributed by atoms with Crippen molar-refractivity contribution in [3.05, 3.63) is 59.7 Å². The lowest BCUT2D eigenvalue weighted by molar-refractivity contribution is -0.120. The van der Waals surface area contributed by atoms with Crippen LogP contribution in [0.15, 0.2) is 48.5 Å². The number of nitrogens with one attached hydrogen (secondary N) is 1. The summed E-state index contributed by atoms with van der Waals surface area (Å²) in [6.07, 6.45) is 0.668. The summed E-state index contributed by atoms with van der Waals surface area (Å²) in [5.41, 5.74) is 2.44. The number of ether oxygens (including phenoxy) is 2. The molecule has 0 fully saturated rings. The molecule has 0 spiro atoms. The predicted molar refractivity (Wildman–Crippen MR) is 117 cm³/mol. The van der Waals surface area contributed by atoms with Gasteiger partial charge >= 0.3 is 6.09 Å². The summed E-state index contributed by atoms with van der Waals surface area (Å²) in [7, 11) is 0. The minimum atomic E-state index is -0.625. The van der Waals surface area contributed by atoms with Crippen molar-refractivity contribution in [1.29, 1.82) is 0 Å². The number of rotatable bonds is 6. The SMILES string of the molecule is CC[C@H](NC(=O)OC(C)(C)C)C(=O)N1CCc2cc(OCc3ccccc3)ccc21. The highest BCUT2D eigenvalue weighted by Gasteiger charge is 2.31. The van der Waals surface area contributed by atoms with Gasteiger partial charge in [-0.3, -0.25) is 4.79 Å². The Morgan fingerprint density at radius 2 is 1.87 bits per heavy atom. The van der Waals surface area contributed by atoms with Crippen molar-refractivity contribution < 1.29 is 19.1 Å². The molecule has 30 heavy (non-hydrogen) atoms. The largest absolute Gasteiger partial charge is 0.489 e. The van der Waals surface area contributed by atoms with Crippen LogP contribution in [0.3, 0.4) is 0 Å². The number of anilines is 1. The number of carbonyl (C=O) groups is 2. The van der Waals surface area contributed by atoms with E-state index in [2.05, 4.69) is 5.32 Å². The van der Waals surface area contributed by atoms with Gasteiger partial charge < -0.3 is 19.7 Å². The molecular weight excluding hydrogens is 380 g/mol. The summed E-state index contributed by atoms with van der Waals surface area (Å²) in [6, 6.07) is 15.2. The lowest BCUT2D eigenvalue weighted by Crippen LogP contribution is -2.49. The fourth-order valence-electron chi connectivity index (χ4n) is 3.41. The van der Waals surface area contributed by atoms with Crippen molar-refractivity contribution in [3.8, 4) is 5.75 Å². The van der Waals surface area contributed by atoms with E-state index >= 15 is 0 Å². The topological polar surface area (TPSA) is 67.9 Å². The molecule has 6 nitrogen and oxygen atoms in total. The Bertz CT molecular complexity index is 890. The van der Waals surface area contributed by atoms with Gasteiger partial charge in [0.15, 0.2) is 0 Å². The van der Waals surface area contributed by atoms with Crippen LogP contribution in [-0.2, 0) is 22.6 Å². The Morgan fingerprint density at radius 3 is 2.53 bits per heavy atom. The summed E-state index contributed by atoms with van der Waals surface area (Å²) >= 11 is 0. The minimum absolute atomic E-state index is 0.125. The first-order valence-electron chi connectivity index (χ1n) is 10.4. The zero-order chi connectivity index (χ0) is 21.7. The van der Waals surface area contributed by atoms with Crippen LogP contribution in [0.5, 0.6) is 5.75 Å². The van der Waals surface area contributed by atoms with E-state index in [9.17, 15) is 9.59 Å². The van der Waals surface area contributed by atoms with E-state index in [-0.39, 0.29) is 5.91 Å². The summed E-state index contributed by atoms with van der Waals surface area (Å²) in [6.45, 7) is 8.34. The van der Waals surface area contributed by atoms with Gasteiger partial charge in [0.2, 0.25) is 5.91 Å². The highest BCUT2D eigenvalue weighted by atomic mass is 16.6. The first kappa shape index (κ1) is 21.7. The van der Waals surface area contributed by atoms with E-state index in [1.165, 1.54) is 0 Å². The Morgan fingerprint density at radius 1 is 1.13 bits per heavy atom. The third-order valence-electron chi connectivity index (χ3n) is 4.86. The normalized spacial score (nSPS) is 14.1. The monoisotopic (exact) mass is 410 g/mol. The molecule has 0 unspecified atom stereocenters. The van der Waals surface area contributed by atoms with Crippen molar-refractivity contribution in [2.24, 2.45) is 0 Å². The van der Waals surface area contributed by atoms with Gasteiger partial charge in [0.05, 0.1) is 0 Å². The Labute approximate surface area is 178 Å². The number of hydrogen-bond donors (Lipinski definition) is 1. The van der Waals surface area contributed by atoms with E-state index in [4.69, 9.17) is 9.47 Å². The molecule has 0 aliphatic carbocycles. The maximum absolute atomic E-state index is 13.1. The number of benzene rings is 2. The van der Waals surface area contributed by atoms with Crippen LogP contribution in [0, 0.1) is 0 Å². The van der Waals surface area contributed by atoms with Crippen LogP contribution in [-0.4, -0.2) is 30.2 Å². The molecule has 0 saturated heterocycles. The van der Waals surface area contributed by atoms with E-state index in [1.807, 2.05) is 55.5 Å². The number of alkyl carbamates (subject to hydrolysis) is 1. The van der Waals surface area contributed by atoms with Crippen molar-refractivity contribution >= 4 is 17.7 Å². The number of hydrogen-bond acceptors (Lipinski definition) is 4. The van der Waals surface area contributed by atoms with Crippen LogP contribution in [0.2, 0.25) is 0 Å². The minimum Gasteiger partial charge on any atom is -0.489 e. The Hall–Kier alpha value is -3.02. The van der Waals surface area contributed by atoms with E-state index in [0.717, 1.165) is 29.0 Å². The molecule has 2 aromatic carbocycles. The first-order chi connectivity index (χ1) is 14.3. The second-order valence-electron chi connectivity index (χ2n) is 8.41. The number of nitrogens with zero attached hydrogens (tertiary/aromatic N) is 1. The lowest BCUT2D eigenvalue weighted by atomic mass is 10.1. The average Bonchev–Trinajstić information content (AvgIpc) is 3.12. The maximum atomic E-state index is 13.1. The van der Waals surface area contributed by atoms with Crippen molar-refractivity contribution in [1.82, 2.24) is 5.32 Å². The molecule has 3 rings (SSSR count). The van der Waals surface area contributed by atoms with Crippen LogP contribution in [0.25, 0.3) is 0 Å². The molecule has 0 radical (unpaired) electrons. The molecule has 2 aromatic rings. The summed E-state index contributed by atoms with van der Waals surface area (Å²) in [5.74, 6) is 0.658. The maximum Gasteiger partial charge on any atom is 0.408 e. The fraction of sp³-hybridized carbons (Fsp3) is 0.417. The fourth-order valence-corrected chi connectivity index (χ4v) is 3.41. The lowest BCUT2D eigenvalue weighted by Gasteiger charge is -2.26. The van der Waals surface area contributed by atoms with Crippen molar-refractivity contribution in [3.63, 3.8) is 0 Å². The molecule has 2 amide bonds. The zero-order valence-corrected chi connectivity index (χ0v) is 18.1. The molecule has 1 aliphatic rings. The number of fused-ring (bicyclic) bond motifs is 1. The molecule has 1 heterocycles. The first-order valence-corrected chi connectivity index (χ1v) is 10.4. The smallest absolute Gasteiger partial charge is 0.408 e. The van der Waals surface area contributed by atoms with Gasteiger partial charge in [-0.15, -0.1) is 0 Å². The van der Waals surface area contributed by atoms with Gasteiger partial charge in [0.25, 0.3) is 0 Å². The molecule has 0 aromatic heterocycles. The van der Waals surface area contributed by atoms with Gasteiger partial charge in [0, 0.05) is 12.2 Å². The van der Waals surface area contributed by atoms with Gasteiger partial charge in [-0.05, 0) is 62.9 Å². The molecule has 0 bridgehead atoms. The standard InChI is InChI=1S/C24H30N2O4/c1-5-20(25-23(28)30-24(2,3)4)22(27)26-14-13-18-15-19(11-12-21(18)26)29-16-17-9-7-6-8-10-17/h6-12,15,20H,5,13-14,16H2,1-4H3,(H,25,28)/t20-/m0/s1. The molecule has 160 valence electrons. The van der Waals surface area contributed by atoms with Gasteiger partial charge in [-0.1, -0.05) is 37.3 Å².